The average Bonchev–Trinajstić information content (AvgIpc) is 2.67. The highest BCUT2D eigenvalue weighted by Gasteiger charge is 2.30. The number of rotatable bonds is 5. The second kappa shape index (κ2) is 7.49. The fraction of sp³-hybridized carbons (Fsp3) is 0.100. The molecule has 1 N–H and O–H groups in total. The molecule has 0 radical (unpaired) electrons. The molecule has 0 unspecified atom stereocenters. The molecule has 0 aliphatic carbocycles. The number of halogens is 3. The summed E-state index contributed by atoms with van der Waals surface area (Å²) in [5, 5.41) is 4.20. The number of nitrogens with one attached hydrogen (secondary N) is 1. The molecule has 0 fully saturated rings. The van der Waals surface area contributed by atoms with Gasteiger partial charge >= 0.3 is 6.18 Å². The van der Waals surface area contributed by atoms with Crippen LogP contribution in [0.2, 0.25) is 0 Å². The standard InChI is InChI=1S/C20H15F3N2O2/c1-2-19(26)25-11-13-3-8-18(16-9-10-24-12-17(13)16)27-15-6-4-14(5-7-15)20(21,22)23/h2-10,12H,1,11H2,(H,25,26). The number of benzene rings is 2. The Morgan fingerprint density at radius 3 is 2.52 bits per heavy atom. The van der Waals surface area contributed by atoms with Crippen molar-refractivity contribution in [2.75, 3.05) is 0 Å². The third kappa shape index (κ3) is 4.25. The minimum absolute atomic E-state index is 0.285. The second-order valence-corrected chi connectivity index (χ2v) is 5.69. The largest absolute Gasteiger partial charge is 0.457 e. The molecule has 3 aromatic rings. The minimum atomic E-state index is -4.39. The number of nitrogens with zero attached hydrogens (tertiary/aromatic N) is 1. The van der Waals surface area contributed by atoms with Crippen LogP contribution in [0, 0.1) is 0 Å². The minimum Gasteiger partial charge on any atom is -0.457 e. The zero-order valence-corrected chi connectivity index (χ0v) is 14.1. The van der Waals surface area contributed by atoms with Crippen LogP contribution in [0.15, 0.2) is 67.5 Å². The first-order valence-electron chi connectivity index (χ1n) is 7.99. The summed E-state index contributed by atoms with van der Waals surface area (Å²) < 4.78 is 43.8. The van der Waals surface area contributed by atoms with E-state index in [9.17, 15) is 18.0 Å². The molecule has 0 spiro atoms. The van der Waals surface area contributed by atoms with Crippen molar-refractivity contribution in [3.8, 4) is 11.5 Å². The molecule has 0 bridgehead atoms. The van der Waals surface area contributed by atoms with Gasteiger partial charge in [-0.25, -0.2) is 0 Å². The number of pyridine rings is 1. The molecule has 138 valence electrons. The van der Waals surface area contributed by atoms with Crippen LogP contribution in [-0.4, -0.2) is 10.9 Å². The van der Waals surface area contributed by atoms with Gasteiger partial charge in [0, 0.05) is 29.7 Å². The van der Waals surface area contributed by atoms with Gasteiger partial charge in [-0.05, 0) is 48.0 Å². The maximum Gasteiger partial charge on any atom is 0.416 e. The summed E-state index contributed by atoms with van der Waals surface area (Å²) in [5.41, 5.74) is 0.0882. The Labute approximate surface area is 153 Å². The molecule has 0 saturated carbocycles. The molecule has 1 aromatic heterocycles. The smallest absolute Gasteiger partial charge is 0.416 e. The van der Waals surface area contributed by atoms with Crippen LogP contribution in [0.3, 0.4) is 0 Å². The molecule has 1 heterocycles. The number of ether oxygens (including phenoxy) is 1. The van der Waals surface area contributed by atoms with Crippen LogP contribution >= 0.6 is 0 Å². The van der Waals surface area contributed by atoms with Gasteiger partial charge in [0.2, 0.25) is 5.91 Å². The third-order valence-corrected chi connectivity index (χ3v) is 3.92. The van der Waals surface area contributed by atoms with Gasteiger partial charge in [0.15, 0.2) is 0 Å². The fourth-order valence-corrected chi connectivity index (χ4v) is 2.56. The first-order chi connectivity index (χ1) is 12.9. The highest BCUT2D eigenvalue weighted by molar-refractivity contribution is 5.91. The Kier molecular flexibility index (Phi) is 5.12. The summed E-state index contributed by atoms with van der Waals surface area (Å²) in [6.07, 6.45) is 0.0232. The van der Waals surface area contributed by atoms with Crippen molar-refractivity contribution >= 4 is 16.7 Å². The molecule has 0 atom stereocenters. The SMILES string of the molecule is C=CC(=O)NCc1ccc(Oc2ccc(C(F)(F)F)cc2)c2ccncc12. The molecular formula is C20H15F3N2O2. The van der Waals surface area contributed by atoms with Gasteiger partial charge < -0.3 is 10.1 Å². The van der Waals surface area contributed by atoms with Crippen LogP contribution in [0.5, 0.6) is 11.5 Å². The number of fused-ring (bicyclic) bond motifs is 1. The number of carbonyl (C=O) groups excluding carboxylic acids is 1. The van der Waals surface area contributed by atoms with E-state index in [-0.39, 0.29) is 18.2 Å². The summed E-state index contributed by atoms with van der Waals surface area (Å²) >= 11 is 0. The summed E-state index contributed by atoms with van der Waals surface area (Å²) in [7, 11) is 0. The Hall–Kier alpha value is -3.35. The lowest BCUT2D eigenvalue weighted by Gasteiger charge is -2.13. The molecular weight excluding hydrogens is 357 g/mol. The summed E-state index contributed by atoms with van der Waals surface area (Å²) in [6, 6.07) is 9.70. The molecule has 2 aromatic carbocycles. The highest BCUT2D eigenvalue weighted by Crippen LogP contribution is 2.34. The van der Waals surface area contributed by atoms with Crippen molar-refractivity contribution in [3.05, 3.63) is 78.6 Å². The van der Waals surface area contributed by atoms with Gasteiger partial charge in [-0.3, -0.25) is 9.78 Å². The van der Waals surface area contributed by atoms with Gasteiger partial charge in [0.05, 0.1) is 5.56 Å². The fourth-order valence-electron chi connectivity index (χ4n) is 2.56. The van der Waals surface area contributed by atoms with Crippen LogP contribution < -0.4 is 10.1 Å². The van der Waals surface area contributed by atoms with Gasteiger partial charge in [-0.2, -0.15) is 13.2 Å². The van der Waals surface area contributed by atoms with E-state index in [1.54, 1.807) is 30.6 Å². The zero-order chi connectivity index (χ0) is 19.4. The summed E-state index contributed by atoms with van der Waals surface area (Å²) in [6.45, 7) is 3.69. The molecule has 7 heteroatoms. The van der Waals surface area contributed by atoms with Crippen LogP contribution in [-0.2, 0) is 17.5 Å². The lowest BCUT2D eigenvalue weighted by molar-refractivity contribution is -0.137. The summed E-state index contributed by atoms with van der Waals surface area (Å²) in [5.74, 6) is 0.469. The zero-order valence-electron chi connectivity index (χ0n) is 14.1. The first-order valence-corrected chi connectivity index (χ1v) is 7.99. The number of amides is 1. The Morgan fingerprint density at radius 1 is 1.11 bits per heavy atom. The second-order valence-electron chi connectivity index (χ2n) is 5.69. The van der Waals surface area contributed by atoms with Crippen LogP contribution in [0.1, 0.15) is 11.1 Å². The first kappa shape index (κ1) is 18.4. The maximum absolute atomic E-state index is 12.7. The van der Waals surface area contributed by atoms with Gasteiger partial charge in [-0.15, -0.1) is 0 Å². The number of hydrogen-bond acceptors (Lipinski definition) is 3. The van der Waals surface area contributed by atoms with E-state index >= 15 is 0 Å². The number of aromatic nitrogens is 1. The molecule has 27 heavy (non-hydrogen) atoms. The van der Waals surface area contributed by atoms with Crippen molar-refractivity contribution in [2.45, 2.75) is 12.7 Å². The lowest BCUT2D eigenvalue weighted by Crippen LogP contribution is -2.20. The van der Waals surface area contributed by atoms with Gasteiger partial charge in [0.25, 0.3) is 0 Å². The predicted octanol–water partition coefficient (Wildman–Crippen LogP) is 4.85. The Morgan fingerprint density at radius 2 is 1.85 bits per heavy atom. The third-order valence-electron chi connectivity index (χ3n) is 3.92. The van der Waals surface area contributed by atoms with Crippen molar-refractivity contribution in [1.82, 2.24) is 10.3 Å². The molecule has 4 nitrogen and oxygen atoms in total. The van der Waals surface area contributed by atoms with E-state index in [1.165, 1.54) is 18.2 Å². The molecule has 0 aliphatic heterocycles. The van der Waals surface area contributed by atoms with Crippen LogP contribution in [0.4, 0.5) is 13.2 Å². The van der Waals surface area contributed by atoms with Crippen LogP contribution in [0.25, 0.3) is 10.8 Å². The van der Waals surface area contributed by atoms with Crippen molar-refractivity contribution in [1.29, 1.82) is 0 Å². The van der Waals surface area contributed by atoms with Crippen molar-refractivity contribution in [2.24, 2.45) is 0 Å². The number of carbonyl (C=O) groups is 1. The van der Waals surface area contributed by atoms with E-state index in [0.29, 0.717) is 5.75 Å². The highest BCUT2D eigenvalue weighted by atomic mass is 19.4. The topological polar surface area (TPSA) is 51.2 Å². The molecule has 1 amide bonds. The quantitative estimate of drug-likeness (QED) is 0.652. The van der Waals surface area contributed by atoms with Crippen molar-refractivity contribution in [3.63, 3.8) is 0 Å². The molecule has 0 saturated heterocycles. The Balaban J connectivity index is 1.89. The van der Waals surface area contributed by atoms with Gasteiger partial charge in [0.1, 0.15) is 11.5 Å². The number of alkyl halides is 3. The summed E-state index contributed by atoms with van der Waals surface area (Å²) in [4.78, 5) is 15.5. The average molecular weight is 372 g/mol. The van der Waals surface area contributed by atoms with E-state index in [1.807, 2.05) is 0 Å². The normalized spacial score (nSPS) is 11.2. The Bertz CT molecular complexity index is 983. The lowest BCUT2D eigenvalue weighted by atomic mass is 10.1. The van der Waals surface area contributed by atoms with E-state index in [2.05, 4.69) is 16.9 Å². The number of hydrogen-bond donors (Lipinski definition) is 1. The van der Waals surface area contributed by atoms with E-state index < -0.39 is 11.7 Å². The monoisotopic (exact) mass is 372 g/mol. The maximum atomic E-state index is 12.7. The molecule has 0 aliphatic rings. The predicted molar refractivity (Wildman–Crippen MR) is 95.3 cm³/mol. The van der Waals surface area contributed by atoms with Gasteiger partial charge in [-0.1, -0.05) is 12.6 Å². The van der Waals surface area contributed by atoms with E-state index in [4.69, 9.17) is 4.74 Å². The van der Waals surface area contributed by atoms with E-state index in [0.717, 1.165) is 28.5 Å². The van der Waals surface area contributed by atoms with Crippen molar-refractivity contribution < 1.29 is 22.7 Å². The molecule has 3 rings (SSSR count).